The van der Waals surface area contributed by atoms with Gasteiger partial charge >= 0.3 is 0 Å². The van der Waals surface area contributed by atoms with Crippen LogP contribution in [0.5, 0.6) is 0 Å². The van der Waals surface area contributed by atoms with Crippen molar-refractivity contribution in [2.45, 2.75) is 26.2 Å². The lowest BCUT2D eigenvalue weighted by molar-refractivity contribution is 0.613. The molecule has 0 fully saturated rings. The van der Waals surface area contributed by atoms with Crippen molar-refractivity contribution in [1.82, 2.24) is 0 Å². The third-order valence-electron chi connectivity index (χ3n) is 0.739. The van der Waals surface area contributed by atoms with Gasteiger partial charge in [0.1, 0.15) is 9.28 Å². The molecule has 0 bridgehead atoms. The van der Waals surface area contributed by atoms with E-state index in [1.54, 1.807) is 0 Å². The molecular formula is C4H16OSi3. The van der Waals surface area contributed by atoms with Gasteiger partial charge in [0.15, 0.2) is 8.32 Å². The lowest BCUT2D eigenvalue weighted by atomic mass is 11.8. The van der Waals surface area contributed by atoms with Crippen LogP contribution < -0.4 is 0 Å². The summed E-state index contributed by atoms with van der Waals surface area (Å²) in [5, 5.41) is 0. The molecule has 0 aromatic heterocycles. The highest BCUT2D eigenvalue weighted by Gasteiger charge is 2.11. The molecule has 0 atom stereocenters. The molecule has 0 radical (unpaired) electrons. The van der Waals surface area contributed by atoms with Crippen LogP contribution in [0.3, 0.4) is 0 Å². The molecule has 0 spiro atoms. The smallest absolute Gasteiger partial charge is 0.169 e. The number of hydrogen-bond acceptors (Lipinski definition) is 1. The lowest BCUT2D eigenvalue weighted by Crippen LogP contribution is -2.29. The summed E-state index contributed by atoms with van der Waals surface area (Å²) in [5.74, 6) is 0. The van der Waals surface area contributed by atoms with E-state index in [1.807, 2.05) is 0 Å². The van der Waals surface area contributed by atoms with Gasteiger partial charge in [0, 0.05) is 9.04 Å². The first-order chi connectivity index (χ1) is 3.56. The molecule has 0 unspecified atom stereocenters. The molecule has 0 aromatic carbocycles. The fourth-order valence-corrected chi connectivity index (χ4v) is 11.0. The molecule has 0 amide bonds. The minimum absolute atomic E-state index is 0.0181. The van der Waals surface area contributed by atoms with Crippen LogP contribution in [0.15, 0.2) is 0 Å². The van der Waals surface area contributed by atoms with Crippen LogP contribution in [0.4, 0.5) is 0 Å². The normalized spacial score (nSPS) is 15.0. The third kappa shape index (κ3) is 6.61. The van der Waals surface area contributed by atoms with Crippen molar-refractivity contribution in [3.05, 3.63) is 0 Å². The Bertz CT molecular complexity index is 58.8. The summed E-state index contributed by atoms with van der Waals surface area (Å²) < 4.78 is 5.72. The Morgan fingerprint density at radius 3 is 1.88 bits per heavy atom. The molecule has 8 heavy (non-hydrogen) atoms. The molecular weight excluding hydrogens is 148 g/mol. The van der Waals surface area contributed by atoms with Crippen LogP contribution >= 0.6 is 0 Å². The maximum Gasteiger partial charge on any atom is 0.169 e. The van der Waals surface area contributed by atoms with Crippen LogP contribution in [0, 0.1) is 0 Å². The summed E-state index contributed by atoms with van der Waals surface area (Å²) in [5.41, 5.74) is 0. The predicted molar refractivity (Wildman–Crippen MR) is 47.4 cm³/mol. The van der Waals surface area contributed by atoms with Crippen LogP contribution in [-0.2, 0) is 4.12 Å². The van der Waals surface area contributed by atoms with Gasteiger partial charge in [-0.05, 0) is 19.6 Å². The van der Waals surface area contributed by atoms with E-state index in [4.69, 9.17) is 4.12 Å². The van der Waals surface area contributed by atoms with Crippen molar-refractivity contribution < 1.29 is 4.12 Å². The highest BCUT2D eigenvalue weighted by Crippen LogP contribution is 1.99. The van der Waals surface area contributed by atoms with Gasteiger partial charge in [0.05, 0.1) is 0 Å². The number of hydrogen-bond donors (Lipinski definition) is 0. The van der Waals surface area contributed by atoms with Gasteiger partial charge in [-0.25, -0.2) is 0 Å². The molecule has 0 saturated carbocycles. The summed E-state index contributed by atoms with van der Waals surface area (Å²) in [4.78, 5) is 0. The fraction of sp³-hybridized carbons (Fsp3) is 1.00. The van der Waals surface area contributed by atoms with Crippen molar-refractivity contribution in [2.24, 2.45) is 0 Å². The van der Waals surface area contributed by atoms with Crippen molar-refractivity contribution in [3.8, 4) is 0 Å². The molecule has 0 N–H and O–H groups in total. The average molecular weight is 164 g/mol. The van der Waals surface area contributed by atoms with Gasteiger partial charge in [-0.15, -0.1) is 0 Å². The zero-order valence-electron chi connectivity index (χ0n) is 6.32. The molecule has 0 saturated heterocycles. The molecule has 0 heterocycles. The topological polar surface area (TPSA) is 9.23 Å². The van der Waals surface area contributed by atoms with Gasteiger partial charge < -0.3 is 4.12 Å². The molecule has 0 aliphatic rings. The van der Waals surface area contributed by atoms with E-state index in [0.717, 1.165) is 0 Å². The Kier molecular flexibility index (Phi) is 3.88. The first-order valence-electron chi connectivity index (χ1n) is 3.20. The maximum atomic E-state index is 5.72. The SMILES string of the molecule is C[SiH2][SiH2]O[Si](C)(C)C. The standard InChI is InChI=1S/C4H16OSi3/c1-6-7-5-8(2,3)4/h6-7H2,1-4H3. The van der Waals surface area contributed by atoms with E-state index in [1.165, 1.54) is 0 Å². The molecule has 0 aromatic rings. The third-order valence-corrected chi connectivity index (χ3v) is 8.49. The number of rotatable bonds is 3. The van der Waals surface area contributed by atoms with E-state index < -0.39 is 8.32 Å². The van der Waals surface area contributed by atoms with E-state index in [9.17, 15) is 0 Å². The minimum Gasteiger partial charge on any atom is -0.464 e. The Hall–Kier alpha value is 0.611. The summed E-state index contributed by atoms with van der Waals surface area (Å²) in [6, 6.07) is 0. The van der Waals surface area contributed by atoms with Gasteiger partial charge in [-0.3, -0.25) is 0 Å². The Morgan fingerprint density at radius 1 is 1.25 bits per heavy atom. The second kappa shape index (κ2) is 3.60. The summed E-state index contributed by atoms with van der Waals surface area (Å²) in [6.45, 7) is 9.14. The van der Waals surface area contributed by atoms with Crippen LogP contribution in [0.2, 0.25) is 26.2 Å². The highest BCUT2D eigenvalue weighted by atomic mass is 29.2. The van der Waals surface area contributed by atoms with E-state index >= 15 is 0 Å². The molecule has 0 aliphatic carbocycles. The fourth-order valence-electron chi connectivity index (χ4n) is 0.408. The zero-order chi connectivity index (χ0) is 6.62. The van der Waals surface area contributed by atoms with Gasteiger partial charge in [-0.2, -0.15) is 0 Å². The Morgan fingerprint density at radius 2 is 1.75 bits per heavy atom. The second-order valence-corrected chi connectivity index (χ2v) is 14.0. The maximum absolute atomic E-state index is 5.72. The van der Waals surface area contributed by atoms with Crippen molar-refractivity contribution >= 4 is 26.6 Å². The van der Waals surface area contributed by atoms with Gasteiger partial charge in [0.2, 0.25) is 0 Å². The van der Waals surface area contributed by atoms with Crippen molar-refractivity contribution in [3.63, 3.8) is 0 Å². The van der Waals surface area contributed by atoms with Crippen LogP contribution in [0.25, 0.3) is 0 Å². The molecule has 0 aliphatic heterocycles. The second-order valence-electron chi connectivity index (χ2n) is 2.96. The van der Waals surface area contributed by atoms with Crippen molar-refractivity contribution in [2.75, 3.05) is 0 Å². The summed E-state index contributed by atoms with van der Waals surface area (Å²) >= 11 is 0. The van der Waals surface area contributed by atoms with E-state index in [2.05, 4.69) is 26.2 Å². The first-order valence-corrected chi connectivity index (χ1v) is 12.6. The van der Waals surface area contributed by atoms with Crippen LogP contribution in [-0.4, -0.2) is 26.6 Å². The largest absolute Gasteiger partial charge is 0.464 e. The summed E-state index contributed by atoms with van der Waals surface area (Å²) in [7, 11) is -0.778. The predicted octanol–water partition coefficient (Wildman–Crippen LogP) is 0.0536. The quantitative estimate of drug-likeness (QED) is 0.536. The zero-order valence-corrected chi connectivity index (χ0v) is 10.2. The Balaban J connectivity index is 3.11. The molecule has 1 nitrogen and oxygen atoms in total. The molecule has 0 rings (SSSR count). The van der Waals surface area contributed by atoms with E-state index in [-0.39, 0.29) is 18.3 Å². The minimum atomic E-state index is -1.08. The lowest BCUT2D eigenvalue weighted by Gasteiger charge is -2.16. The highest BCUT2D eigenvalue weighted by molar-refractivity contribution is 7.00. The average Bonchev–Trinajstić information content (AvgIpc) is 1.59. The van der Waals surface area contributed by atoms with E-state index in [0.29, 0.717) is 0 Å². The first kappa shape index (κ1) is 8.61. The monoisotopic (exact) mass is 164 g/mol. The Labute approximate surface area is 57.5 Å². The molecule has 50 valence electrons. The van der Waals surface area contributed by atoms with Gasteiger partial charge in [-0.1, -0.05) is 6.55 Å². The van der Waals surface area contributed by atoms with Gasteiger partial charge in [0.25, 0.3) is 0 Å². The van der Waals surface area contributed by atoms with Crippen molar-refractivity contribution in [1.29, 1.82) is 0 Å². The molecule has 4 heteroatoms. The van der Waals surface area contributed by atoms with Crippen LogP contribution in [0.1, 0.15) is 0 Å². The summed E-state index contributed by atoms with van der Waals surface area (Å²) in [6.07, 6.45) is 0.